The van der Waals surface area contributed by atoms with Crippen molar-refractivity contribution in [2.75, 3.05) is 18.5 Å². The SMILES string of the molecule is CCNS(=O)OCC(=O)Nc1nc2c(s1)C(c1ccc(F)c(Cl)c1)=CCC2. The zero-order valence-electron chi connectivity index (χ0n) is 14.4. The van der Waals surface area contributed by atoms with E-state index in [1.165, 1.54) is 17.4 Å². The minimum Gasteiger partial charge on any atom is -0.300 e. The van der Waals surface area contributed by atoms with Gasteiger partial charge in [-0.15, -0.1) is 0 Å². The fraction of sp³-hybridized carbons (Fsp3) is 0.294. The fourth-order valence-electron chi connectivity index (χ4n) is 2.57. The molecule has 0 saturated carbocycles. The van der Waals surface area contributed by atoms with Crippen molar-refractivity contribution in [3.63, 3.8) is 0 Å². The number of carbonyl (C=O) groups excluding carboxylic acids is 1. The molecule has 27 heavy (non-hydrogen) atoms. The number of aromatic nitrogens is 1. The topological polar surface area (TPSA) is 80.3 Å². The number of hydrogen-bond acceptors (Lipinski definition) is 5. The lowest BCUT2D eigenvalue weighted by atomic mass is 9.96. The van der Waals surface area contributed by atoms with Gasteiger partial charge in [0.1, 0.15) is 12.4 Å². The molecule has 0 radical (unpaired) electrons. The first-order valence-corrected chi connectivity index (χ1v) is 10.5. The van der Waals surface area contributed by atoms with Crippen molar-refractivity contribution in [2.24, 2.45) is 0 Å². The Balaban J connectivity index is 1.73. The van der Waals surface area contributed by atoms with Crippen molar-refractivity contribution in [2.45, 2.75) is 19.8 Å². The summed E-state index contributed by atoms with van der Waals surface area (Å²) in [5.41, 5.74) is 2.58. The van der Waals surface area contributed by atoms with Gasteiger partial charge in [0.25, 0.3) is 5.91 Å². The van der Waals surface area contributed by atoms with Crippen molar-refractivity contribution in [3.8, 4) is 0 Å². The number of allylic oxidation sites excluding steroid dienone is 1. The van der Waals surface area contributed by atoms with E-state index >= 15 is 0 Å². The summed E-state index contributed by atoms with van der Waals surface area (Å²) >= 11 is 5.52. The molecule has 6 nitrogen and oxygen atoms in total. The van der Waals surface area contributed by atoms with Gasteiger partial charge in [-0.05, 0) is 36.1 Å². The van der Waals surface area contributed by atoms with Gasteiger partial charge in [-0.2, -0.15) is 0 Å². The largest absolute Gasteiger partial charge is 0.300 e. The predicted molar refractivity (Wildman–Crippen MR) is 105 cm³/mol. The Morgan fingerprint density at radius 2 is 2.30 bits per heavy atom. The Hall–Kier alpha value is -1.65. The second-order valence-electron chi connectivity index (χ2n) is 5.62. The summed E-state index contributed by atoms with van der Waals surface area (Å²) in [5, 5.41) is 3.15. The molecule has 0 spiro atoms. The minimum atomic E-state index is -1.71. The Morgan fingerprint density at radius 3 is 3.04 bits per heavy atom. The predicted octanol–water partition coefficient (Wildman–Crippen LogP) is 3.46. The highest BCUT2D eigenvalue weighted by molar-refractivity contribution is 7.78. The van der Waals surface area contributed by atoms with Gasteiger partial charge in [-0.3, -0.25) is 14.3 Å². The lowest BCUT2D eigenvalue weighted by Crippen LogP contribution is -2.24. The highest BCUT2D eigenvalue weighted by Crippen LogP contribution is 2.38. The maximum absolute atomic E-state index is 13.4. The molecule has 1 unspecified atom stereocenters. The molecular weight excluding hydrogens is 413 g/mol. The van der Waals surface area contributed by atoms with Crippen LogP contribution in [0.15, 0.2) is 24.3 Å². The third kappa shape index (κ3) is 4.99. The maximum atomic E-state index is 13.4. The summed E-state index contributed by atoms with van der Waals surface area (Å²) < 4.78 is 32.2. The highest BCUT2D eigenvalue weighted by atomic mass is 35.5. The molecule has 144 valence electrons. The molecular formula is C17H17ClFN3O3S2. The molecule has 2 aromatic rings. The Labute approximate surface area is 167 Å². The van der Waals surface area contributed by atoms with Gasteiger partial charge in [-0.25, -0.2) is 18.3 Å². The Bertz CT molecular complexity index is 917. The number of hydrogen-bond donors (Lipinski definition) is 2. The van der Waals surface area contributed by atoms with Gasteiger partial charge in [-0.1, -0.05) is 42.0 Å². The zero-order valence-corrected chi connectivity index (χ0v) is 16.8. The van der Waals surface area contributed by atoms with E-state index in [0.717, 1.165) is 34.5 Å². The van der Waals surface area contributed by atoms with Crippen molar-refractivity contribution in [1.29, 1.82) is 0 Å². The van der Waals surface area contributed by atoms with Crippen molar-refractivity contribution in [1.82, 2.24) is 9.71 Å². The van der Waals surface area contributed by atoms with Crippen molar-refractivity contribution >= 4 is 50.8 Å². The fourth-order valence-corrected chi connectivity index (χ4v) is 4.37. The lowest BCUT2D eigenvalue weighted by Gasteiger charge is -2.13. The van der Waals surface area contributed by atoms with Gasteiger partial charge in [0.2, 0.25) is 11.3 Å². The van der Waals surface area contributed by atoms with Crippen LogP contribution < -0.4 is 10.0 Å². The molecule has 1 aliphatic rings. The van der Waals surface area contributed by atoms with Crippen LogP contribution in [-0.4, -0.2) is 28.3 Å². The number of benzene rings is 1. The van der Waals surface area contributed by atoms with Gasteiger partial charge < -0.3 is 0 Å². The number of rotatable bonds is 7. The van der Waals surface area contributed by atoms with E-state index in [1.807, 2.05) is 0 Å². The van der Waals surface area contributed by atoms with Crippen LogP contribution in [0.2, 0.25) is 5.02 Å². The first-order chi connectivity index (χ1) is 13.0. The number of nitrogens with zero attached hydrogens (tertiary/aromatic N) is 1. The summed E-state index contributed by atoms with van der Waals surface area (Å²) in [6, 6.07) is 4.59. The Kier molecular flexibility index (Phi) is 6.72. The summed E-state index contributed by atoms with van der Waals surface area (Å²) in [5.74, 6) is -0.910. The summed E-state index contributed by atoms with van der Waals surface area (Å²) in [6.07, 6.45) is 3.60. The van der Waals surface area contributed by atoms with Crippen LogP contribution in [0.1, 0.15) is 29.5 Å². The maximum Gasteiger partial charge on any atom is 0.253 e. The van der Waals surface area contributed by atoms with Crippen LogP contribution in [0.5, 0.6) is 0 Å². The van der Waals surface area contributed by atoms with E-state index in [1.54, 1.807) is 19.1 Å². The minimum absolute atomic E-state index is 0.0596. The van der Waals surface area contributed by atoms with E-state index < -0.39 is 23.0 Å². The summed E-state index contributed by atoms with van der Waals surface area (Å²) in [6.45, 7) is 1.90. The quantitative estimate of drug-likeness (QED) is 0.706. The van der Waals surface area contributed by atoms with E-state index in [2.05, 4.69) is 21.1 Å². The molecule has 0 saturated heterocycles. The molecule has 3 rings (SSSR count). The number of halogens is 2. The summed E-state index contributed by atoms with van der Waals surface area (Å²) in [4.78, 5) is 17.3. The normalized spacial score (nSPS) is 14.4. The number of aryl methyl sites for hydroxylation is 1. The molecule has 1 heterocycles. The number of nitrogens with one attached hydrogen (secondary N) is 2. The summed E-state index contributed by atoms with van der Waals surface area (Å²) in [7, 11) is 0. The molecule has 1 aromatic carbocycles. The standard InChI is InChI=1S/C17H17ClFN3O3S2/c1-2-20-27(24)25-9-15(23)22-17-21-14-5-3-4-11(16(14)26-17)10-6-7-13(19)12(18)8-10/h4,6-8,20H,2-3,5,9H2,1H3,(H,21,22,23). The molecule has 2 N–H and O–H groups in total. The van der Waals surface area contributed by atoms with Crippen molar-refractivity contribution in [3.05, 3.63) is 51.2 Å². The van der Waals surface area contributed by atoms with Gasteiger partial charge >= 0.3 is 0 Å². The van der Waals surface area contributed by atoms with Crippen LogP contribution in [0.25, 0.3) is 5.57 Å². The van der Waals surface area contributed by atoms with Gasteiger partial charge in [0, 0.05) is 6.54 Å². The van der Waals surface area contributed by atoms with Gasteiger partial charge in [0.15, 0.2) is 5.13 Å². The molecule has 1 amide bonds. The van der Waals surface area contributed by atoms with Gasteiger partial charge in [0.05, 0.1) is 15.6 Å². The molecule has 10 heteroatoms. The second kappa shape index (κ2) is 9.03. The zero-order chi connectivity index (χ0) is 19.4. The van der Waals surface area contributed by atoms with Crippen molar-refractivity contribution < 1.29 is 17.6 Å². The average Bonchev–Trinajstić information content (AvgIpc) is 3.05. The molecule has 1 atom stereocenters. The number of amides is 1. The smallest absolute Gasteiger partial charge is 0.253 e. The number of anilines is 1. The van der Waals surface area contributed by atoms with Crippen LogP contribution in [0.4, 0.5) is 9.52 Å². The molecule has 1 aromatic heterocycles. The molecule has 1 aliphatic carbocycles. The number of fused-ring (bicyclic) bond motifs is 1. The third-order valence-corrected chi connectivity index (χ3v) is 5.90. The van der Waals surface area contributed by atoms with E-state index in [0.29, 0.717) is 11.7 Å². The van der Waals surface area contributed by atoms with Crippen LogP contribution >= 0.6 is 22.9 Å². The Morgan fingerprint density at radius 1 is 1.48 bits per heavy atom. The number of thiazole rings is 1. The van der Waals surface area contributed by atoms with E-state index in [-0.39, 0.29) is 11.6 Å². The van der Waals surface area contributed by atoms with Crippen LogP contribution in [-0.2, 0) is 26.7 Å². The molecule has 0 fully saturated rings. The van der Waals surface area contributed by atoms with Crippen LogP contribution in [0.3, 0.4) is 0 Å². The third-order valence-electron chi connectivity index (χ3n) is 3.71. The van der Waals surface area contributed by atoms with E-state index in [4.69, 9.17) is 15.8 Å². The molecule has 0 bridgehead atoms. The monoisotopic (exact) mass is 429 g/mol. The second-order valence-corrected chi connectivity index (χ2v) is 8.02. The average molecular weight is 430 g/mol. The van der Waals surface area contributed by atoms with E-state index in [9.17, 15) is 13.4 Å². The number of carbonyl (C=O) groups is 1. The first kappa shape index (κ1) is 20.1. The molecule has 0 aliphatic heterocycles. The van der Waals surface area contributed by atoms with Crippen LogP contribution in [0, 0.1) is 5.82 Å². The lowest BCUT2D eigenvalue weighted by molar-refractivity contribution is -0.117. The highest BCUT2D eigenvalue weighted by Gasteiger charge is 2.21. The first-order valence-electron chi connectivity index (χ1n) is 8.22.